The molecule has 1 aliphatic heterocycles. The van der Waals surface area contributed by atoms with Gasteiger partial charge in [-0.25, -0.2) is 4.39 Å². The molecule has 1 N–H and O–H groups in total. The van der Waals surface area contributed by atoms with E-state index in [1.165, 1.54) is 12.1 Å². The van der Waals surface area contributed by atoms with E-state index in [4.69, 9.17) is 0 Å². The number of carbonyl (C=O) groups is 1. The lowest BCUT2D eigenvalue weighted by Crippen LogP contribution is -2.38. The van der Waals surface area contributed by atoms with Crippen molar-refractivity contribution >= 4 is 17.4 Å². The van der Waals surface area contributed by atoms with Crippen LogP contribution in [0.2, 0.25) is 0 Å². The molecule has 0 saturated carbocycles. The van der Waals surface area contributed by atoms with E-state index in [0.29, 0.717) is 11.3 Å². The van der Waals surface area contributed by atoms with Crippen molar-refractivity contribution in [3.8, 4) is 11.3 Å². The summed E-state index contributed by atoms with van der Waals surface area (Å²) in [5, 5.41) is 11.5. The molecule has 1 aliphatic rings. The fraction of sp³-hybridized carbons (Fsp3) is 0.227. The maximum atomic E-state index is 13.4. The van der Waals surface area contributed by atoms with Crippen molar-refractivity contribution in [3.05, 3.63) is 72.5 Å². The quantitative estimate of drug-likeness (QED) is 0.744. The van der Waals surface area contributed by atoms with Crippen LogP contribution in [0.4, 0.5) is 15.9 Å². The Hall–Kier alpha value is -3.28. The van der Waals surface area contributed by atoms with Gasteiger partial charge in [-0.3, -0.25) is 4.79 Å². The lowest BCUT2D eigenvalue weighted by Gasteiger charge is -2.31. The van der Waals surface area contributed by atoms with Crippen molar-refractivity contribution < 1.29 is 9.18 Å². The summed E-state index contributed by atoms with van der Waals surface area (Å²) in [6, 6.07) is 19.6. The van der Waals surface area contributed by atoms with Gasteiger partial charge in [0, 0.05) is 30.3 Å². The molecule has 0 aliphatic carbocycles. The van der Waals surface area contributed by atoms with E-state index in [9.17, 15) is 9.18 Å². The van der Waals surface area contributed by atoms with E-state index in [1.807, 2.05) is 48.5 Å². The number of hydrogen-bond acceptors (Lipinski definition) is 4. The Bertz CT molecular complexity index is 938. The van der Waals surface area contributed by atoms with Crippen molar-refractivity contribution in [2.45, 2.75) is 12.8 Å². The van der Waals surface area contributed by atoms with Crippen LogP contribution in [-0.2, 0) is 4.79 Å². The Balaban J connectivity index is 1.35. The van der Waals surface area contributed by atoms with E-state index in [-0.39, 0.29) is 17.6 Å². The zero-order valence-electron chi connectivity index (χ0n) is 15.4. The van der Waals surface area contributed by atoms with Crippen LogP contribution < -0.4 is 10.2 Å². The van der Waals surface area contributed by atoms with Gasteiger partial charge in [0.2, 0.25) is 5.91 Å². The Morgan fingerprint density at radius 1 is 0.964 bits per heavy atom. The van der Waals surface area contributed by atoms with Crippen molar-refractivity contribution in [1.82, 2.24) is 10.2 Å². The first-order valence-electron chi connectivity index (χ1n) is 9.39. The van der Waals surface area contributed by atoms with Gasteiger partial charge < -0.3 is 10.2 Å². The molecular formula is C22H21FN4O. The summed E-state index contributed by atoms with van der Waals surface area (Å²) >= 11 is 0. The Morgan fingerprint density at radius 2 is 1.75 bits per heavy atom. The Labute approximate surface area is 163 Å². The minimum Gasteiger partial charge on any atom is -0.355 e. The number of nitrogens with zero attached hydrogens (tertiary/aromatic N) is 3. The van der Waals surface area contributed by atoms with Crippen LogP contribution in [0.25, 0.3) is 11.3 Å². The molecule has 4 rings (SSSR count). The zero-order chi connectivity index (χ0) is 19.3. The molecule has 1 amide bonds. The van der Waals surface area contributed by atoms with Crippen LogP contribution in [0.15, 0.2) is 66.7 Å². The molecule has 0 bridgehead atoms. The monoisotopic (exact) mass is 376 g/mol. The van der Waals surface area contributed by atoms with E-state index in [2.05, 4.69) is 20.4 Å². The minimum absolute atomic E-state index is 0.00372. The number of carbonyl (C=O) groups excluding carboxylic acids is 1. The summed E-state index contributed by atoms with van der Waals surface area (Å²) < 4.78 is 13.4. The SMILES string of the molecule is O=C(Nc1ccccc1)C1CCN(c2ccc(-c3cccc(F)c3)nn2)CC1. The van der Waals surface area contributed by atoms with Crippen LogP contribution in [0.3, 0.4) is 0 Å². The smallest absolute Gasteiger partial charge is 0.227 e. The molecule has 2 heterocycles. The van der Waals surface area contributed by atoms with Gasteiger partial charge in [0.1, 0.15) is 5.82 Å². The van der Waals surface area contributed by atoms with Crippen LogP contribution in [0.5, 0.6) is 0 Å². The second kappa shape index (κ2) is 8.17. The summed E-state index contributed by atoms with van der Waals surface area (Å²) in [5.41, 5.74) is 2.17. The van der Waals surface area contributed by atoms with Gasteiger partial charge in [0.15, 0.2) is 5.82 Å². The highest BCUT2D eigenvalue weighted by Crippen LogP contribution is 2.24. The average Bonchev–Trinajstić information content (AvgIpc) is 2.75. The van der Waals surface area contributed by atoms with Crippen molar-refractivity contribution in [2.75, 3.05) is 23.3 Å². The van der Waals surface area contributed by atoms with E-state index >= 15 is 0 Å². The molecular weight excluding hydrogens is 355 g/mol. The lowest BCUT2D eigenvalue weighted by atomic mass is 9.96. The third kappa shape index (κ3) is 4.17. The third-order valence-electron chi connectivity index (χ3n) is 5.00. The molecule has 0 spiro atoms. The number of anilines is 2. The number of aromatic nitrogens is 2. The first-order chi connectivity index (χ1) is 13.7. The molecule has 0 unspecified atom stereocenters. The second-order valence-corrected chi connectivity index (χ2v) is 6.90. The summed E-state index contributed by atoms with van der Waals surface area (Å²) in [6.45, 7) is 1.50. The fourth-order valence-corrected chi connectivity index (χ4v) is 3.43. The molecule has 1 fully saturated rings. The predicted molar refractivity (Wildman–Crippen MR) is 107 cm³/mol. The average molecular weight is 376 g/mol. The fourth-order valence-electron chi connectivity index (χ4n) is 3.43. The number of benzene rings is 2. The van der Waals surface area contributed by atoms with Gasteiger partial charge in [0.05, 0.1) is 5.69 Å². The first-order valence-corrected chi connectivity index (χ1v) is 9.39. The molecule has 28 heavy (non-hydrogen) atoms. The van der Waals surface area contributed by atoms with Gasteiger partial charge in [-0.1, -0.05) is 30.3 Å². The normalized spacial score (nSPS) is 14.7. The molecule has 5 nitrogen and oxygen atoms in total. The van der Waals surface area contributed by atoms with E-state index < -0.39 is 0 Å². The maximum absolute atomic E-state index is 13.4. The summed E-state index contributed by atoms with van der Waals surface area (Å²) in [6.07, 6.45) is 1.54. The number of halogens is 1. The van der Waals surface area contributed by atoms with Crippen LogP contribution in [0.1, 0.15) is 12.8 Å². The Morgan fingerprint density at radius 3 is 2.43 bits per heavy atom. The van der Waals surface area contributed by atoms with Gasteiger partial charge in [0.25, 0.3) is 0 Å². The summed E-state index contributed by atoms with van der Waals surface area (Å²) in [4.78, 5) is 14.6. The highest BCUT2D eigenvalue weighted by Gasteiger charge is 2.25. The second-order valence-electron chi connectivity index (χ2n) is 6.90. The zero-order valence-corrected chi connectivity index (χ0v) is 15.4. The van der Waals surface area contributed by atoms with E-state index in [1.54, 1.807) is 6.07 Å². The standard InChI is InChI=1S/C22H21FN4O/c23-18-6-4-5-17(15-18)20-9-10-21(26-25-20)27-13-11-16(12-14-27)22(28)24-19-7-2-1-3-8-19/h1-10,15-16H,11-14H2,(H,24,28). The lowest BCUT2D eigenvalue weighted by molar-refractivity contribution is -0.120. The van der Waals surface area contributed by atoms with Crippen molar-refractivity contribution in [1.29, 1.82) is 0 Å². The first kappa shape index (κ1) is 18.1. The van der Waals surface area contributed by atoms with Crippen molar-refractivity contribution in [2.24, 2.45) is 5.92 Å². The minimum atomic E-state index is -0.292. The number of piperidine rings is 1. The van der Waals surface area contributed by atoms with Crippen LogP contribution in [-0.4, -0.2) is 29.2 Å². The number of rotatable bonds is 4. The number of nitrogens with one attached hydrogen (secondary N) is 1. The Kier molecular flexibility index (Phi) is 5.28. The van der Waals surface area contributed by atoms with Crippen LogP contribution >= 0.6 is 0 Å². The summed E-state index contributed by atoms with van der Waals surface area (Å²) in [5.74, 6) is 0.552. The maximum Gasteiger partial charge on any atom is 0.227 e. The van der Waals surface area contributed by atoms with E-state index in [0.717, 1.165) is 37.4 Å². The largest absolute Gasteiger partial charge is 0.355 e. The third-order valence-corrected chi connectivity index (χ3v) is 5.00. The summed E-state index contributed by atoms with van der Waals surface area (Å²) in [7, 11) is 0. The number of hydrogen-bond donors (Lipinski definition) is 1. The molecule has 1 aromatic heterocycles. The highest BCUT2D eigenvalue weighted by atomic mass is 19.1. The van der Waals surface area contributed by atoms with Gasteiger partial charge in [-0.15, -0.1) is 10.2 Å². The molecule has 2 aromatic carbocycles. The molecule has 1 saturated heterocycles. The number of amides is 1. The topological polar surface area (TPSA) is 58.1 Å². The molecule has 0 atom stereocenters. The molecule has 3 aromatic rings. The predicted octanol–water partition coefficient (Wildman–Crippen LogP) is 4.14. The van der Waals surface area contributed by atoms with Crippen LogP contribution in [0, 0.1) is 11.7 Å². The van der Waals surface area contributed by atoms with Gasteiger partial charge >= 0.3 is 0 Å². The van der Waals surface area contributed by atoms with Gasteiger partial charge in [-0.2, -0.15) is 0 Å². The molecule has 6 heteroatoms. The molecule has 142 valence electrons. The van der Waals surface area contributed by atoms with Gasteiger partial charge in [-0.05, 0) is 49.2 Å². The van der Waals surface area contributed by atoms with Crippen molar-refractivity contribution in [3.63, 3.8) is 0 Å². The highest BCUT2D eigenvalue weighted by molar-refractivity contribution is 5.92. The molecule has 0 radical (unpaired) electrons. The number of para-hydroxylation sites is 1.